The standard InChI is InChI=1S/C23H19ClN2O4S/c1-23(24)17(21(27)16-7-3-2-4-8-16)12-13-19(22(23)31(28,29)30)26-18-11-5-9-15-10-6-14-25-20(15)18/h2-14,17,26H,1H3,(H,28,29,30). The highest BCUT2D eigenvalue weighted by atomic mass is 35.5. The third kappa shape index (κ3) is 3.99. The maximum atomic E-state index is 13.1. The fraction of sp³-hybridized carbons (Fsp3) is 0.130. The number of carbonyl (C=O) groups is 1. The fourth-order valence-electron chi connectivity index (χ4n) is 3.81. The molecule has 158 valence electrons. The first-order valence-corrected chi connectivity index (χ1v) is 11.3. The van der Waals surface area contributed by atoms with E-state index >= 15 is 0 Å². The molecule has 2 aromatic carbocycles. The van der Waals surface area contributed by atoms with Gasteiger partial charge in [-0.25, -0.2) is 0 Å². The molecule has 1 aliphatic rings. The van der Waals surface area contributed by atoms with Crippen molar-refractivity contribution in [3.63, 3.8) is 0 Å². The first-order valence-electron chi connectivity index (χ1n) is 9.49. The van der Waals surface area contributed by atoms with Gasteiger partial charge in [-0.15, -0.1) is 11.6 Å². The van der Waals surface area contributed by atoms with Gasteiger partial charge in [0.05, 0.1) is 27.7 Å². The molecule has 1 aliphatic carbocycles. The number of para-hydroxylation sites is 1. The van der Waals surface area contributed by atoms with Crippen LogP contribution in [0.1, 0.15) is 17.3 Å². The van der Waals surface area contributed by atoms with Crippen molar-refractivity contribution in [3.05, 3.63) is 95.2 Å². The lowest BCUT2D eigenvalue weighted by Gasteiger charge is -2.34. The lowest BCUT2D eigenvalue weighted by atomic mass is 9.82. The van der Waals surface area contributed by atoms with Crippen LogP contribution in [0.5, 0.6) is 0 Å². The van der Waals surface area contributed by atoms with Crippen LogP contribution in [0.3, 0.4) is 0 Å². The van der Waals surface area contributed by atoms with E-state index in [2.05, 4.69) is 10.3 Å². The van der Waals surface area contributed by atoms with E-state index in [1.807, 2.05) is 12.1 Å². The van der Waals surface area contributed by atoms with E-state index in [9.17, 15) is 17.8 Å². The lowest BCUT2D eigenvalue weighted by Crippen LogP contribution is -2.41. The molecular formula is C23H19ClN2O4S. The number of anilines is 1. The number of fused-ring (bicyclic) bond motifs is 1. The molecular weight excluding hydrogens is 436 g/mol. The first kappa shape index (κ1) is 21.2. The topological polar surface area (TPSA) is 96.4 Å². The van der Waals surface area contributed by atoms with Crippen LogP contribution in [0, 0.1) is 5.92 Å². The number of nitrogens with zero attached hydrogens (tertiary/aromatic N) is 1. The van der Waals surface area contributed by atoms with Crippen LogP contribution in [-0.4, -0.2) is 28.6 Å². The average Bonchev–Trinajstić information content (AvgIpc) is 2.73. The molecule has 0 bridgehead atoms. The summed E-state index contributed by atoms with van der Waals surface area (Å²) in [6.45, 7) is 1.41. The van der Waals surface area contributed by atoms with Gasteiger partial charge in [0.1, 0.15) is 4.91 Å². The minimum absolute atomic E-state index is 0.0789. The zero-order valence-corrected chi connectivity index (χ0v) is 18.1. The molecule has 1 heterocycles. The van der Waals surface area contributed by atoms with Crippen LogP contribution in [-0.2, 0) is 10.1 Å². The van der Waals surface area contributed by atoms with E-state index in [-0.39, 0.29) is 11.5 Å². The number of aromatic nitrogens is 1. The summed E-state index contributed by atoms with van der Waals surface area (Å²) in [6, 6.07) is 17.6. The van der Waals surface area contributed by atoms with Gasteiger partial charge in [0.25, 0.3) is 10.1 Å². The van der Waals surface area contributed by atoms with Crippen molar-refractivity contribution in [1.82, 2.24) is 4.98 Å². The molecule has 2 N–H and O–H groups in total. The highest BCUT2D eigenvalue weighted by Crippen LogP contribution is 2.43. The molecule has 0 amide bonds. The molecule has 6 nitrogen and oxygen atoms in total. The average molecular weight is 455 g/mol. The molecule has 0 saturated heterocycles. The van der Waals surface area contributed by atoms with Gasteiger partial charge < -0.3 is 5.32 Å². The molecule has 3 aromatic rings. The highest BCUT2D eigenvalue weighted by molar-refractivity contribution is 7.90. The summed E-state index contributed by atoms with van der Waals surface area (Å²) in [6.07, 6.45) is 4.64. The number of alkyl halides is 1. The molecule has 1 aromatic heterocycles. The molecule has 0 radical (unpaired) electrons. The van der Waals surface area contributed by atoms with E-state index in [4.69, 9.17) is 11.6 Å². The van der Waals surface area contributed by atoms with Crippen LogP contribution in [0.15, 0.2) is 89.6 Å². The van der Waals surface area contributed by atoms with Gasteiger partial charge >= 0.3 is 0 Å². The maximum absolute atomic E-state index is 13.1. The number of nitrogens with one attached hydrogen (secondary N) is 1. The quantitative estimate of drug-likeness (QED) is 0.326. The van der Waals surface area contributed by atoms with Crippen LogP contribution >= 0.6 is 11.6 Å². The number of Topliss-reactive ketones (excluding diaryl/α,β-unsaturated/α-hetero) is 1. The summed E-state index contributed by atoms with van der Waals surface area (Å²) in [4.78, 5) is 15.2. The molecule has 0 spiro atoms. The molecule has 31 heavy (non-hydrogen) atoms. The zero-order chi connectivity index (χ0) is 22.2. The van der Waals surface area contributed by atoms with Crippen LogP contribution in [0.4, 0.5) is 5.69 Å². The van der Waals surface area contributed by atoms with E-state index in [1.54, 1.807) is 60.8 Å². The number of carbonyl (C=O) groups excluding carboxylic acids is 1. The predicted octanol–water partition coefficient (Wildman–Crippen LogP) is 4.81. The van der Waals surface area contributed by atoms with E-state index in [0.717, 1.165) is 5.39 Å². The molecule has 4 rings (SSSR count). The molecule has 0 saturated carbocycles. The number of allylic oxidation sites excluding steroid dienone is 3. The van der Waals surface area contributed by atoms with Gasteiger partial charge in [0, 0.05) is 17.1 Å². The summed E-state index contributed by atoms with van der Waals surface area (Å²) < 4.78 is 34.8. The maximum Gasteiger partial charge on any atom is 0.294 e. The van der Waals surface area contributed by atoms with Gasteiger partial charge in [0.2, 0.25) is 0 Å². The van der Waals surface area contributed by atoms with Gasteiger partial charge in [0.15, 0.2) is 5.78 Å². The molecule has 2 unspecified atom stereocenters. The zero-order valence-electron chi connectivity index (χ0n) is 16.5. The summed E-state index contributed by atoms with van der Waals surface area (Å²) >= 11 is 6.69. The van der Waals surface area contributed by atoms with Crippen molar-refractivity contribution < 1.29 is 17.8 Å². The van der Waals surface area contributed by atoms with E-state index in [1.165, 1.54) is 13.0 Å². The third-order valence-electron chi connectivity index (χ3n) is 5.23. The molecule has 0 fully saturated rings. The van der Waals surface area contributed by atoms with Crippen molar-refractivity contribution in [2.24, 2.45) is 5.92 Å². The Balaban J connectivity index is 1.81. The van der Waals surface area contributed by atoms with Crippen molar-refractivity contribution in [1.29, 1.82) is 0 Å². The van der Waals surface area contributed by atoms with E-state index in [0.29, 0.717) is 16.8 Å². The van der Waals surface area contributed by atoms with Crippen molar-refractivity contribution in [3.8, 4) is 0 Å². The van der Waals surface area contributed by atoms with Crippen molar-refractivity contribution in [2.75, 3.05) is 5.32 Å². The predicted molar refractivity (Wildman–Crippen MR) is 122 cm³/mol. The minimum atomic E-state index is -4.74. The Labute approximate surface area is 185 Å². The van der Waals surface area contributed by atoms with Gasteiger partial charge in [-0.1, -0.05) is 54.6 Å². The fourth-order valence-corrected chi connectivity index (χ4v) is 5.40. The SMILES string of the molecule is CC1(Cl)C(S(=O)(=O)O)=C(Nc2cccc3cccnc23)C=CC1C(=O)c1ccccc1. The Kier molecular flexibility index (Phi) is 5.43. The number of ketones is 1. The number of halogens is 1. The first-order chi connectivity index (χ1) is 14.7. The monoisotopic (exact) mass is 454 g/mol. The van der Waals surface area contributed by atoms with E-state index < -0.39 is 25.8 Å². The van der Waals surface area contributed by atoms with Gasteiger partial charge in [-0.05, 0) is 25.1 Å². The number of hydrogen-bond donors (Lipinski definition) is 2. The number of hydrogen-bond acceptors (Lipinski definition) is 5. The van der Waals surface area contributed by atoms with Crippen LogP contribution in [0.2, 0.25) is 0 Å². The Bertz CT molecular complexity index is 1330. The summed E-state index contributed by atoms with van der Waals surface area (Å²) in [5.74, 6) is -1.34. The summed E-state index contributed by atoms with van der Waals surface area (Å²) in [7, 11) is -4.74. The Morgan fingerprint density at radius 1 is 1.10 bits per heavy atom. The normalized spacial score (nSPS) is 21.3. The Morgan fingerprint density at radius 3 is 2.52 bits per heavy atom. The summed E-state index contributed by atoms with van der Waals surface area (Å²) in [5, 5.41) is 3.88. The van der Waals surface area contributed by atoms with Crippen molar-refractivity contribution in [2.45, 2.75) is 11.8 Å². The van der Waals surface area contributed by atoms with Crippen molar-refractivity contribution >= 4 is 44.1 Å². The van der Waals surface area contributed by atoms with Crippen LogP contribution < -0.4 is 5.32 Å². The van der Waals surface area contributed by atoms with Crippen LogP contribution in [0.25, 0.3) is 10.9 Å². The molecule has 0 aliphatic heterocycles. The third-order valence-corrected chi connectivity index (χ3v) is 6.92. The Hall–Kier alpha value is -3.00. The Morgan fingerprint density at radius 2 is 1.81 bits per heavy atom. The van der Waals surface area contributed by atoms with Gasteiger partial charge in [-0.2, -0.15) is 8.42 Å². The second-order valence-electron chi connectivity index (χ2n) is 7.37. The number of benzene rings is 2. The largest absolute Gasteiger partial charge is 0.353 e. The molecule has 8 heteroatoms. The smallest absolute Gasteiger partial charge is 0.294 e. The second kappa shape index (κ2) is 7.92. The number of pyridine rings is 1. The molecule has 2 atom stereocenters. The lowest BCUT2D eigenvalue weighted by molar-refractivity contribution is 0.0931. The minimum Gasteiger partial charge on any atom is -0.353 e. The highest BCUT2D eigenvalue weighted by Gasteiger charge is 2.47. The summed E-state index contributed by atoms with van der Waals surface area (Å²) in [5.41, 5.74) is 1.64. The number of rotatable bonds is 5. The van der Waals surface area contributed by atoms with Gasteiger partial charge in [-0.3, -0.25) is 14.3 Å². The second-order valence-corrected chi connectivity index (χ2v) is 9.51.